The maximum absolute atomic E-state index is 14.4. The van der Waals surface area contributed by atoms with Gasteiger partial charge < -0.3 is 25.0 Å². The van der Waals surface area contributed by atoms with E-state index in [1.165, 1.54) is 12.0 Å². The van der Waals surface area contributed by atoms with E-state index < -0.39 is 41.6 Å². The van der Waals surface area contributed by atoms with Crippen LogP contribution in [0.15, 0.2) is 48.5 Å². The molecule has 2 rings (SSSR count). The highest BCUT2D eigenvalue weighted by Gasteiger charge is 2.39. The Morgan fingerprint density at radius 1 is 1.00 bits per heavy atom. The Labute approximate surface area is 237 Å². The molecule has 40 heavy (non-hydrogen) atoms. The number of esters is 1. The minimum Gasteiger partial charge on any atom is -0.468 e. The maximum atomic E-state index is 14.4. The fraction of sp³-hybridized carbons (Fsp3) is 0.484. The smallest absolute Gasteiger partial charge is 0.408 e. The molecule has 0 aromatic heterocycles. The molecule has 3 atom stereocenters. The number of nitrogens with zero attached hydrogens (tertiary/aromatic N) is 1. The highest BCUT2D eigenvalue weighted by molar-refractivity contribution is 5.93. The number of nitrogens with one attached hydrogen (secondary N) is 2. The first-order valence-corrected chi connectivity index (χ1v) is 13.5. The summed E-state index contributed by atoms with van der Waals surface area (Å²) in [6.45, 7) is 12.5. The predicted octanol–water partition coefficient (Wildman–Crippen LogP) is 4.40. The van der Waals surface area contributed by atoms with Crippen molar-refractivity contribution in [2.75, 3.05) is 13.7 Å². The van der Waals surface area contributed by atoms with Crippen LogP contribution < -0.4 is 10.6 Å². The molecule has 0 bridgehead atoms. The molecule has 2 aromatic rings. The monoisotopic (exact) mass is 553 g/mol. The number of alkyl carbamates (subject to hydrolysis) is 1. The van der Waals surface area contributed by atoms with Crippen molar-refractivity contribution < 1.29 is 28.7 Å². The Kier molecular flexibility index (Phi) is 11.7. The third-order valence-corrected chi connectivity index (χ3v) is 6.47. The number of amides is 3. The van der Waals surface area contributed by atoms with Crippen LogP contribution >= 0.6 is 0 Å². The van der Waals surface area contributed by atoms with E-state index in [0.29, 0.717) is 12.0 Å². The Bertz CT molecular complexity index is 1180. The number of methoxy groups -OCH3 is 1. The molecule has 0 spiro atoms. The van der Waals surface area contributed by atoms with Crippen molar-refractivity contribution in [3.8, 4) is 0 Å². The molecule has 3 amide bonds. The highest BCUT2D eigenvalue weighted by Crippen LogP contribution is 2.29. The molecule has 0 saturated carbocycles. The van der Waals surface area contributed by atoms with Crippen LogP contribution in [-0.4, -0.2) is 60.1 Å². The summed E-state index contributed by atoms with van der Waals surface area (Å²) in [7, 11) is 1.24. The number of rotatable bonds is 11. The van der Waals surface area contributed by atoms with Crippen LogP contribution in [0.3, 0.4) is 0 Å². The van der Waals surface area contributed by atoms with Crippen molar-refractivity contribution in [2.24, 2.45) is 0 Å². The number of benzene rings is 2. The Morgan fingerprint density at radius 2 is 1.65 bits per heavy atom. The first kappa shape index (κ1) is 32.3. The van der Waals surface area contributed by atoms with E-state index in [2.05, 4.69) is 10.6 Å². The molecule has 3 unspecified atom stereocenters. The van der Waals surface area contributed by atoms with Gasteiger partial charge >= 0.3 is 12.1 Å². The van der Waals surface area contributed by atoms with Crippen molar-refractivity contribution in [2.45, 2.75) is 85.0 Å². The van der Waals surface area contributed by atoms with Gasteiger partial charge in [-0.05, 0) is 64.7 Å². The van der Waals surface area contributed by atoms with Gasteiger partial charge in [-0.1, -0.05) is 61.0 Å². The third kappa shape index (κ3) is 9.39. The molecule has 218 valence electrons. The summed E-state index contributed by atoms with van der Waals surface area (Å²) < 4.78 is 10.2. The number of ether oxygens (including phenoxy) is 2. The zero-order valence-corrected chi connectivity index (χ0v) is 24.9. The van der Waals surface area contributed by atoms with E-state index in [1.807, 2.05) is 76.2 Å². The average molecular weight is 554 g/mol. The van der Waals surface area contributed by atoms with Crippen molar-refractivity contribution in [1.29, 1.82) is 0 Å². The second-order valence-electron chi connectivity index (χ2n) is 10.9. The van der Waals surface area contributed by atoms with Crippen LogP contribution in [0.5, 0.6) is 0 Å². The van der Waals surface area contributed by atoms with Gasteiger partial charge in [0.05, 0.1) is 7.11 Å². The summed E-state index contributed by atoms with van der Waals surface area (Å²) in [5, 5.41) is 5.38. The summed E-state index contributed by atoms with van der Waals surface area (Å²) in [6, 6.07) is 12.5. The second kappa shape index (κ2) is 14.5. The van der Waals surface area contributed by atoms with Gasteiger partial charge in [-0.15, -0.1) is 0 Å². The van der Waals surface area contributed by atoms with Crippen molar-refractivity contribution >= 4 is 23.9 Å². The first-order chi connectivity index (χ1) is 18.8. The third-order valence-electron chi connectivity index (χ3n) is 6.47. The lowest BCUT2D eigenvalue weighted by Crippen LogP contribution is -2.56. The summed E-state index contributed by atoms with van der Waals surface area (Å²) in [5.41, 5.74) is 2.51. The summed E-state index contributed by atoms with van der Waals surface area (Å²) in [4.78, 5) is 54.4. The summed E-state index contributed by atoms with van der Waals surface area (Å²) in [5.74, 6) is -1.58. The molecule has 0 saturated heterocycles. The van der Waals surface area contributed by atoms with Crippen LogP contribution in [0.2, 0.25) is 0 Å². The lowest BCUT2D eigenvalue weighted by molar-refractivity contribution is -0.146. The molecule has 0 aliphatic heterocycles. The fourth-order valence-electron chi connectivity index (χ4n) is 4.35. The van der Waals surface area contributed by atoms with Crippen LogP contribution in [0.1, 0.15) is 69.3 Å². The molecular weight excluding hydrogens is 510 g/mol. The predicted molar refractivity (Wildman–Crippen MR) is 154 cm³/mol. The van der Waals surface area contributed by atoms with Gasteiger partial charge in [0.2, 0.25) is 11.8 Å². The van der Waals surface area contributed by atoms with E-state index in [9.17, 15) is 19.2 Å². The lowest BCUT2D eigenvalue weighted by atomic mass is 9.94. The summed E-state index contributed by atoms with van der Waals surface area (Å²) >= 11 is 0. The minimum atomic E-state index is -1.06. The van der Waals surface area contributed by atoms with E-state index in [4.69, 9.17) is 9.47 Å². The van der Waals surface area contributed by atoms with Gasteiger partial charge in [-0.3, -0.25) is 14.4 Å². The van der Waals surface area contributed by atoms with Crippen molar-refractivity contribution in [3.63, 3.8) is 0 Å². The zero-order chi connectivity index (χ0) is 30.0. The van der Waals surface area contributed by atoms with Gasteiger partial charge in [0.25, 0.3) is 0 Å². The maximum Gasteiger partial charge on any atom is 0.408 e. The molecule has 0 fully saturated rings. The van der Waals surface area contributed by atoms with Gasteiger partial charge in [-0.2, -0.15) is 0 Å². The standard InChI is InChI=1S/C31H43N3O6/c1-9-22(4)34(27(28(36)32-19-26(35)39-8)24-16-15-20(2)17-21(24)3)29(37)25(18-23-13-11-10-12-14-23)33-30(38)40-31(5,6)7/h10-17,22,25,27H,9,18-19H2,1-8H3,(H,32,36)(H,33,38). The van der Waals surface area contributed by atoms with E-state index in [1.54, 1.807) is 20.8 Å². The second-order valence-corrected chi connectivity index (χ2v) is 10.9. The zero-order valence-electron chi connectivity index (χ0n) is 24.9. The van der Waals surface area contributed by atoms with Gasteiger partial charge in [0.15, 0.2) is 0 Å². The summed E-state index contributed by atoms with van der Waals surface area (Å²) in [6.07, 6.45) is 0.000967. The molecule has 0 aliphatic rings. The average Bonchev–Trinajstić information content (AvgIpc) is 2.89. The van der Waals surface area contributed by atoms with Crippen LogP contribution in [0, 0.1) is 13.8 Å². The topological polar surface area (TPSA) is 114 Å². The first-order valence-electron chi connectivity index (χ1n) is 13.5. The lowest BCUT2D eigenvalue weighted by Gasteiger charge is -2.38. The largest absolute Gasteiger partial charge is 0.468 e. The van der Waals surface area contributed by atoms with E-state index >= 15 is 0 Å². The SMILES string of the molecule is CCC(C)N(C(=O)C(Cc1ccccc1)NC(=O)OC(C)(C)C)C(C(=O)NCC(=O)OC)c1ccc(C)cc1C. The Hall–Kier alpha value is -3.88. The van der Waals surface area contributed by atoms with Crippen molar-refractivity contribution in [3.05, 3.63) is 70.8 Å². The van der Waals surface area contributed by atoms with Crippen molar-refractivity contribution in [1.82, 2.24) is 15.5 Å². The quantitative estimate of drug-likeness (QED) is 0.399. The molecule has 9 nitrogen and oxygen atoms in total. The molecule has 0 radical (unpaired) electrons. The molecule has 9 heteroatoms. The minimum absolute atomic E-state index is 0.190. The fourth-order valence-corrected chi connectivity index (χ4v) is 4.35. The normalized spacial score (nSPS) is 13.4. The van der Waals surface area contributed by atoms with Crippen LogP contribution in [0.25, 0.3) is 0 Å². The molecule has 2 N–H and O–H groups in total. The molecule has 2 aromatic carbocycles. The van der Waals surface area contributed by atoms with Gasteiger partial charge in [0, 0.05) is 12.5 Å². The van der Waals surface area contributed by atoms with Crippen LogP contribution in [0.4, 0.5) is 4.79 Å². The number of hydrogen-bond donors (Lipinski definition) is 2. The number of aryl methyl sites for hydroxylation is 2. The van der Waals surface area contributed by atoms with Crippen LogP contribution in [-0.2, 0) is 30.3 Å². The molecular formula is C31H43N3O6. The van der Waals surface area contributed by atoms with E-state index in [-0.39, 0.29) is 19.0 Å². The Morgan fingerprint density at radius 3 is 2.20 bits per heavy atom. The molecule has 0 aliphatic carbocycles. The Balaban J connectivity index is 2.61. The number of carbonyl (C=O) groups excluding carboxylic acids is 4. The van der Waals surface area contributed by atoms with E-state index in [0.717, 1.165) is 16.7 Å². The number of hydrogen-bond acceptors (Lipinski definition) is 6. The van der Waals surface area contributed by atoms with Gasteiger partial charge in [-0.25, -0.2) is 4.79 Å². The van der Waals surface area contributed by atoms with Gasteiger partial charge in [0.1, 0.15) is 24.2 Å². The highest BCUT2D eigenvalue weighted by atomic mass is 16.6. The molecule has 0 heterocycles. The number of carbonyl (C=O) groups is 4.